The van der Waals surface area contributed by atoms with Crippen LogP contribution >= 0.6 is 0 Å². The highest BCUT2D eigenvalue weighted by atomic mass is 19.1. The first-order valence-corrected chi connectivity index (χ1v) is 4.99. The van der Waals surface area contributed by atoms with Gasteiger partial charge in [0.1, 0.15) is 6.04 Å². The van der Waals surface area contributed by atoms with Gasteiger partial charge in [0.25, 0.3) is 5.91 Å². The fourth-order valence-electron chi connectivity index (χ4n) is 1.25. The molecule has 1 rings (SSSR count). The molecular formula is C11H10FN3O3. The third-order valence-corrected chi connectivity index (χ3v) is 2.48. The van der Waals surface area contributed by atoms with Crippen molar-refractivity contribution in [2.24, 2.45) is 0 Å². The number of rotatable bonds is 3. The van der Waals surface area contributed by atoms with Crippen LogP contribution < -0.4 is 0 Å². The van der Waals surface area contributed by atoms with Crippen LogP contribution in [0.3, 0.4) is 0 Å². The van der Waals surface area contributed by atoms with E-state index in [4.69, 9.17) is 5.26 Å². The molecule has 94 valence electrons. The fourth-order valence-corrected chi connectivity index (χ4v) is 1.25. The summed E-state index contributed by atoms with van der Waals surface area (Å²) < 4.78 is 13.3. The lowest BCUT2D eigenvalue weighted by Gasteiger charge is -2.19. The number of nitro groups is 1. The van der Waals surface area contributed by atoms with E-state index in [1.807, 2.05) is 6.07 Å². The molecule has 0 saturated heterocycles. The summed E-state index contributed by atoms with van der Waals surface area (Å²) in [4.78, 5) is 22.5. The van der Waals surface area contributed by atoms with Gasteiger partial charge >= 0.3 is 5.69 Å². The van der Waals surface area contributed by atoms with Crippen LogP contribution in [0.4, 0.5) is 10.1 Å². The van der Waals surface area contributed by atoms with Crippen LogP contribution in [0, 0.1) is 27.3 Å². The fraction of sp³-hybridized carbons (Fsp3) is 0.273. The molecule has 1 aromatic rings. The molecule has 0 aliphatic heterocycles. The maximum Gasteiger partial charge on any atom is 0.304 e. The summed E-state index contributed by atoms with van der Waals surface area (Å²) in [6.45, 7) is 1.51. The van der Waals surface area contributed by atoms with E-state index in [0.717, 1.165) is 23.1 Å². The number of benzene rings is 1. The first-order valence-electron chi connectivity index (χ1n) is 4.99. The van der Waals surface area contributed by atoms with Gasteiger partial charge in [-0.3, -0.25) is 14.9 Å². The largest absolute Gasteiger partial charge is 0.326 e. The zero-order valence-electron chi connectivity index (χ0n) is 9.75. The van der Waals surface area contributed by atoms with E-state index in [1.165, 1.54) is 14.0 Å². The van der Waals surface area contributed by atoms with Gasteiger partial charge in [0.15, 0.2) is 0 Å². The second-order valence-corrected chi connectivity index (χ2v) is 3.64. The van der Waals surface area contributed by atoms with Crippen LogP contribution in [-0.2, 0) is 0 Å². The number of carbonyl (C=O) groups is 1. The molecule has 0 aliphatic carbocycles. The highest BCUT2D eigenvalue weighted by Crippen LogP contribution is 2.19. The topological polar surface area (TPSA) is 87.2 Å². The van der Waals surface area contributed by atoms with Gasteiger partial charge in [-0.05, 0) is 19.1 Å². The van der Waals surface area contributed by atoms with Crippen molar-refractivity contribution in [1.29, 1.82) is 5.26 Å². The van der Waals surface area contributed by atoms with Crippen LogP contribution in [0.5, 0.6) is 0 Å². The second kappa shape index (κ2) is 5.23. The number of nitrogens with zero attached hydrogens (tertiary/aromatic N) is 3. The van der Waals surface area contributed by atoms with E-state index in [2.05, 4.69) is 0 Å². The lowest BCUT2D eigenvalue weighted by molar-refractivity contribution is -0.387. The van der Waals surface area contributed by atoms with Crippen molar-refractivity contribution < 1.29 is 14.1 Å². The Kier molecular flexibility index (Phi) is 3.94. The van der Waals surface area contributed by atoms with Gasteiger partial charge in [0.2, 0.25) is 5.82 Å². The molecule has 18 heavy (non-hydrogen) atoms. The van der Waals surface area contributed by atoms with Gasteiger partial charge in [-0.15, -0.1) is 0 Å². The summed E-state index contributed by atoms with van der Waals surface area (Å²) >= 11 is 0. The minimum Gasteiger partial charge on any atom is -0.326 e. The van der Waals surface area contributed by atoms with Crippen LogP contribution in [0.15, 0.2) is 18.2 Å². The summed E-state index contributed by atoms with van der Waals surface area (Å²) in [5, 5.41) is 19.1. The molecule has 0 spiro atoms. The summed E-state index contributed by atoms with van der Waals surface area (Å²) in [6.07, 6.45) is 0. The van der Waals surface area contributed by atoms with Gasteiger partial charge in [-0.25, -0.2) is 0 Å². The number of halogens is 1. The predicted octanol–water partition coefficient (Wildman–Crippen LogP) is 1.72. The first-order chi connectivity index (χ1) is 8.38. The number of hydrogen-bond acceptors (Lipinski definition) is 4. The number of amides is 1. The Labute approximate surface area is 102 Å². The Morgan fingerprint density at radius 3 is 2.67 bits per heavy atom. The molecule has 0 saturated carbocycles. The van der Waals surface area contributed by atoms with E-state index in [9.17, 15) is 19.3 Å². The molecule has 0 N–H and O–H groups in total. The summed E-state index contributed by atoms with van der Waals surface area (Å²) in [6, 6.07) is 4.07. The molecule has 0 aliphatic rings. The highest BCUT2D eigenvalue weighted by Gasteiger charge is 2.21. The number of nitriles is 1. The first kappa shape index (κ1) is 13.6. The van der Waals surface area contributed by atoms with E-state index in [1.54, 1.807) is 0 Å². The smallest absolute Gasteiger partial charge is 0.304 e. The summed E-state index contributed by atoms with van der Waals surface area (Å²) in [5.74, 6) is -1.65. The number of carbonyl (C=O) groups excluding carboxylic acids is 1. The maximum absolute atomic E-state index is 13.3. The molecule has 0 radical (unpaired) electrons. The van der Waals surface area contributed by atoms with Crippen molar-refractivity contribution in [3.05, 3.63) is 39.7 Å². The monoisotopic (exact) mass is 251 g/mol. The molecule has 0 heterocycles. The number of nitro benzene ring substituents is 1. The molecule has 6 nitrogen and oxygen atoms in total. The minimum absolute atomic E-state index is 0.0392. The molecular weight excluding hydrogens is 241 g/mol. The quantitative estimate of drug-likeness (QED) is 0.604. The van der Waals surface area contributed by atoms with Crippen LogP contribution in [0.25, 0.3) is 0 Å². The summed E-state index contributed by atoms with van der Waals surface area (Å²) in [7, 11) is 1.40. The van der Waals surface area contributed by atoms with Crippen LogP contribution in [0.1, 0.15) is 17.3 Å². The molecule has 1 atom stereocenters. The Morgan fingerprint density at radius 1 is 1.61 bits per heavy atom. The predicted molar refractivity (Wildman–Crippen MR) is 60.2 cm³/mol. The zero-order chi connectivity index (χ0) is 13.9. The van der Waals surface area contributed by atoms with E-state index < -0.39 is 28.4 Å². The Hall–Kier alpha value is -2.49. The third-order valence-electron chi connectivity index (χ3n) is 2.48. The van der Waals surface area contributed by atoms with Crippen molar-refractivity contribution in [2.75, 3.05) is 7.05 Å². The van der Waals surface area contributed by atoms with Gasteiger partial charge in [0, 0.05) is 18.7 Å². The van der Waals surface area contributed by atoms with Crippen LogP contribution in [-0.4, -0.2) is 28.8 Å². The van der Waals surface area contributed by atoms with Gasteiger partial charge in [-0.1, -0.05) is 0 Å². The Bertz CT molecular complexity index is 539. The molecule has 0 fully saturated rings. The maximum atomic E-state index is 13.3. The minimum atomic E-state index is -1.08. The SMILES string of the molecule is CC(C#N)N(C)C(=O)c1ccc([N+](=O)[O-])c(F)c1. The lowest BCUT2D eigenvalue weighted by atomic mass is 10.1. The Morgan fingerprint density at radius 2 is 2.22 bits per heavy atom. The molecule has 1 aromatic carbocycles. The highest BCUT2D eigenvalue weighted by molar-refractivity contribution is 5.94. The molecule has 0 bridgehead atoms. The average molecular weight is 251 g/mol. The zero-order valence-corrected chi connectivity index (χ0v) is 9.75. The second-order valence-electron chi connectivity index (χ2n) is 3.64. The number of hydrogen-bond donors (Lipinski definition) is 0. The van der Waals surface area contributed by atoms with Crippen LogP contribution in [0.2, 0.25) is 0 Å². The van der Waals surface area contributed by atoms with Crippen molar-refractivity contribution in [1.82, 2.24) is 4.90 Å². The molecule has 1 amide bonds. The van der Waals surface area contributed by atoms with Crippen molar-refractivity contribution in [3.8, 4) is 6.07 Å². The third kappa shape index (κ3) is 2.60. The average Bonchev–Trinajstić information content (AvgIpc) is 2.35. The standard InChI is InChI=1S/C11H10FN3O3/c1-7(6-13)14(2)11(16)8-3-4-10(15(17)18)9(12)5-8/h3-5,7H,1-2H3. The van der Waals surface area contributed by atoms with Crippen molar-refractivity contribution in [2.45, 2.75) is 13.0 Å². The van der Waals surface area contributed by atoms with E-state index in [-0.39, 0.29) is 5.56 Å². The lowest BCUT2D eigenvalue weighted by Crippen LogP contribution is -2.34. The van der Waals surface area contributed by atoms with E-state index in [0.29, 0.717) is 0 Å². The molecule has 7 heteroatoms. The van der Waals surface area contributed by atoms with Crippen molar-refractivity contribution >= 4 is 11.6 Å². The summed E-state index contributed by atoms with van der Waals surface area (Å²) in [5.41, 5.74) is -0.731. The van der Waals surface area contributed by atoms with Gasteiger partial charge in [-0.2, -0.15) is 9.65 Å². The van der Waals surface area contributed by atoms with Gasteiger partial charge in [0.05, 0.1) is 11.0 Å². The van der Waals surface area contributed by atoms with Crippen molar-refractivity contribution in [3.63, 3.8) is 0 Å². The van der Waals surface area contributed by atoms with E-state index >= 15 is 0 Å². The molecule has 0 aromatic heterocycles. The van der Waals surface area contributed by atoms with Gasteiger partial charge < -0.3 is 4.90 Å². The normalized spacial score (nSPS) is 11.4. The Balaban J connectivity index is 3.06. The molecule has 1 unspecified atom stereocenters.